The van der Waals surface area contributed by atoms with E-state index in [0.717, 1.165) is 0 Å². The van der Waals surface area contributed by atoms with Crippen LogP contribution in [0.2, 0.25) is 0 Å². The third-order valence-corrected chi connectivity index (χ3v) is 2.71. The zero-order valence-corrected chi connectivity index (χ0v) is 10.7. The molecule has 0 saturated carbocycles. The van der Waals surface area contributed by atoms with Crippen molar-refractivity contribution >= 4 is 6.08 Å². The number of aliphatic hydroxyl groups is 1. The fraction of sp³-hybridized carbons (Fsp3) is 0.467. The third-order valence-electron chi connectivity index (χ3n) is 2.71. The molecule has 0 atom stereocenters. The minimum absolute atomic E-state index is 0.145. The average Bonchev–Trinajstić information content (AvgIpc) is 2.27. The topological polar surface area (TPSA) is 20.2 Å². The Morgan fingerprint density at radius 3 is 2.56 bits per heavy atom. The molecule has 0 aliphatic heterocycles. The van der Waals surface area contributed by atoms with Crippen LogP contribution in [0.25, 0.3) is 6.08 Å². The van der Waals surface area contributed by atoms with Crippen LogP contribution < -0.4 is 0 Å². The second kappa shape index (κ2) is 5.31. The van der Waals surface area contributed by atoms with E-state index in [1.54, 1.807) is 0 Å². The molecule has 0 amide bonds. The van der Waals surface area contributed by atoms with Gasteiger partial charge in [0.05, 0.1) is 6.61 Å². The van der Waals surface area contributed by atoms with Crippen molar-refractivity contribution in [1.82, 2.24) is 0 Å². The maximum absolute atomic E-state index is 9.16. The molecular formula is C15H22O. The first kappa shape index (κ1) is 13.0. The molecule has 0 aromatic heterocycles. The molecule has 16 heavy (non-hydrogen) atoms. The molecule has 0 unspecified atom stereocenters. The summed E-state index contributed by atoms with van der Waals surface area (Å²) in [6.45, 7) is 8.61. The zero-order chi connectivity index (χ0) is 12.2. The highest BCUT2D eigenvalue weighted by Crippen LogP contribution is 2.20. The highest BCUT2D eigenvalue weighted by molar-refractivity contribution is 5.51. The number of aliphatic hydroxyl groups excluding tert-OH is 1. The van der Waals surface area contributed by atoms with E-state index in [1.807, 2.05) is 13.8 Å². The molecule has 1 heteroatoms. The summed E-state index contributed by atoms with van der Waals surface area (Å²) in [5.74, 6) is 0.555. The van der Waals surface area contributed by atoms with Crippen LogP contribution in [-0.4, -0.2) is 11.7 Å². The fourth-order valence-corrected chi connectivity index (χ4v) is 1.40. The molecule has 1 nitrogen and oxygen atoms in total. The summed E-state index contributed by atoms with van der Waals surface area (Å²) < 4.78 is 0. The van der Waals surface area contributed by atoms with Crippen LogP contribution in [0.5, 0.6) is 0 Å². The molecule has 1 N–H and O–H groups in total. The summed E-state index contributed by atoms with van der Waals surface area (Å²) in [5.41, 5.74) is 2.41. The van der Waals surface area contributed by atoms with Crippen molar-refractivity contribution in [3.8, 4) is 0 Å². The lowest BCUT2D eigenvalue weighted by atomic mass is 9.93. The van der Waals surface area contributed by atoms with Crippen molar-refractivity contribution in [3.63, 3.8) is 0 Å². The monoisotopic (exact) mass is 218 g/mol. The molecule has 0 aliphatic rings. The number of hydrogen-bond donors (Lipinski definition) is 1. The van der Waals surface area contributed by atoms with Gasteiger partial charge in [-0.05, 0) is 17.0 Å². The number of rotatable bonds is 4. The minimum atomic E-state index is -0.145. The first-order valence-corrected chi connectivity index (χ1v) is 5.85. The van der Waals surface area contributed by atoms with Crippen LogP contribution in [0.4, 0.5) is 0 Å². The highest BCUT2D eigenvalue weighted by Gasteiger charge is 2.10. The highest BCUT2D eigenvalue weighted by atomic mass is 16.3. The summed E-state index contributed by atoms with van der Waals surface area (Å²) in [6, 6.07) is 8.53. The van der Waals surface area contributed by atoms with Crippen molar-refractivity contribution < 1.29 is 5.11 Å². The van der Waals surface area contributed by atoms with Crippen molar-refractivity contribution in [1.29, 1.82) is 0 Å². The predicted octanol–water partition coefficient (Wildman–Crippen LogP) is 3.84. The summed E-state index contributed by atoms with van der Waals surface area (Å²) in [4.78, 5) is 0. The van der Waals surface area contributed by atoms with Crippen LogP contribution in [0, 0.1) is 5.41 Å². The smallest absolute Gasteiger partial charge is 0.0516 e. The Kier molecular flexibility index (Phi) is 4.31. The van der Waals surface area contributed by atoms with E-state index >= 15 is 0 Å². The van der Waals surface area contributed by atoms with Crippen molar-refractivity contribution in [2.24, 2.45) is 5.41 Å². The van der Waals surface area contributed by atoms with Crippen LogP contribution in [-0.2, 0) is 0 Å². The Labute approximate surface area is 98.8 Å². The van der Waals surface area contributed by atoms with Gasteiger partial charge in [-0.1, -0.05) is 64.1 Å². The SMILES string of the molecule is CC(C)c1cccc(/C=C/C(C)(C)CO)c1. The lowest BCUT2D eigenvalue weighted by Gasteiger charge is -2.15. The first-order valence-electron chi connectivity index (χ1n) is 5.85. The largest absolute Gasteiger partial charge is 0.395 e. The number of hydrogen-bond acceptors (Lipinski definition) is 1. The molecule has 1 aromatic carbocycles. The second-order valence-electron chi connectivity index (χ2n) is 5.30. The van der Waals surface area contributed by atoms with Gasteiger partial charge in [0.1, 0.15) is 0 Å². The molecular weight excluding hydrogens is 196 g/mol. The van der Waals surface area contributed by atoms with Crippen molar-refractivity contribution in [2.45, 2.75) is 33.6 Å². The van der Waals surface area contributed by atoms with Crippen molar-refractivity contribution in [2.75, 3.05) is 6.61 Å². The minimum Gasteiger partial charge on any atom is -0.395 e. The van der Waals surface area contributed by atoms with Gasteiger partial charge in [0, 0.05) is 5.41 Å². The molecule has 1 aromatic rings. The Balaban J connectivity index is 2.86. The number of benzene rings is 1. The van der Waals surface area contributed by atoms with E-state index in [-0.39, 0.29) is 12.0 Å². The van der Waals surface area contributed by atoms with Gasteiger partial charge in [0.25, 0.3) is 0 Å². The maximum atomic E-state index is 9.16. The molecule has 1 rings (SSSR count). The van der Waals surface area contributed by atoms with Crippen LogP contribution in [0.3, 0.4) is 0 Å². The van der Waals surface area contributed by atoms with E-state index in [4.69, 9.17) is 5.11 Å². The van der Waals surface area contributed by atoms with Gasteiger partial charge in [-0.15, -0.1) is 0 Å². The Morgan fingerprint density at radius 1 is 1.31 bits per heavy atom. The van der Waals surface area contributed by atoms with Gasteiger partial charge in [-0.25, -0.2) is 0 Å². The predicted molar refractivity (Wildman–Crippen MR) is 70.4 cm³/mol. The average molecular weight is 218 g/mol. The van der Waals surface area contributed by atoms with Crippen LogP contribution in [0.1, 0.15) is 44.7 Å². The molecule has 0 aliphatic carbocycles. The molecule has 0 fully saturated rings. The molecule has 0 bridgehead atoms. The summed E-state index contributed by atoms with van der Waals surface area (Å²) >= 11 is 0. The summed E-state index contributed by atoms with van der Waals surface area (Å²) in [6.07, 6.45) is 4.15. The quantitative estimate of drug-likeness (QED) is 0.814. The first-order chi connectivity index (χ1) is 7.44. The van der Waals surface area contributed by atoms with Crippen molar-refractivity contribution in [3.05, 3.63) is 41.5 Å². The van der Waals surface area contributed by atoms with E-state index in [1.165, 1.54) is 11.1 Å². The van der Waals surface area contributed by atoms with Gasteiger partial charge < -0.3 is 5.11 Å². The van der Waals surface area contributed by atoms with E-state index in [9.17, 15) is 0 Å². The fourth-order valence-electron chi connectivity index (χ4n) is 1.40. The zero-order valence-electron chi connectivity index (χ0n) is 10.7. The lowest BCUT2D eigenvalue weighted by Crippen LogP contribution is -2.12. The van der Waals surface area contributed by atoms with E-state index in [2.05, 4.69) is 50.3 Å². The Bertz CT molecular complexity index is 361. The van der Waals surface area contributed by atoms with Gasteiger partial charge in [-0.2, -0.15) is 0 Å². The molecule has 0 heterocycles. The molecule has 0 spiro atoms. The van der Waals surface area contributed by atoms with Crippen LogP contribution >= 0.6 is 0 Å². The Morgan fingerprint density at radius 2 is 2.00 bits per heavy atom. The maximum Gasteiger partial charge on any atom is 0.0516 e. The summed E-state index contributed by atoms with van der Waals surface area (Å²) in [5, 5.41) is 9.16. The van der Waals surface area contributed by atoms with E-state index < -0.39 is 0 Å². The van der Waals surface area contributed by atoms with Gasteiger partial charge in [0.15, 0.2) is 0 Å². The second-order valence-corrected chi connectivity index (χ2v) is 5.30. The summed E-state index contributed by atoms with van der Waals surface area (Å²) in [7, 11) is 0. The standard InChI is InChI=1S/C15H22O/c1-12(2)14-7-5-6-13(10-14)8-9-15(3,4)11-16/h5-10,12,16H,11H2,1-4H3/b9-8+. The van der Waals surface area contributed by atoms with Gasteiger partial charge in [0.2, 0.25) is 0 Å². The lowest BCUT2D eigenvalue weighted by molar-refractivity contribution is 0.200. The van der Waals surface area contributed by atoms with Gasteiger partial charge in [-0.3, -0.25) is 0 Å². The van der Waals surface area contributed by atoms with E-state index in [0.29, 0.717) is 5.92 Å². The normalized spacial score (nSPS) is 12.6. The van der Waals surface area contributed by atoms with Gasteiger partial charge >= 0.3 is 0 Å². The molecule has 0 radical (unpaired) electrons. The van der Waals surface area contributed by atoms with Crippen LogP contribution in [0.15, 0.2) is 30.3 Å². The molecule has 88 valence electrons. The Hall–Kier alpha value is -1.08. The molecule has 0 saturated heterocycles. The third kappa shape index (κ3) is 3.82.